The molecule has 19 heavy (non-hydrogen) atoms. The van der Waals surface area contributed by atoms with Gasteiger partial charge in [-0.2, -0.15) is 0 Å². The largest absolute Gasteiger partial charge is 0.377 e. The van der Waals surface area contributed by atoms with Gasteiger partial charge in [-0.05, 0) is 30.2 Å². The number of rotatable bonds is 4. The second kappa shape index (κ2) is 5.69. The summed E-state index contributed by atoms with van der Waals surface area (Å²) in [5.74, 6) is -0.238. The van der Waals surface area contributed by atoms with Crippen molar-refractivity contribution in [3.8, 4) is 0 Å². The fraction of sp³-hybridized carbons (Fsp3) is 0.267. The molecule has 100 valence electrons. The van der Waals surface area contributed by atoms with Crippen molar-refractivity contribution in [3.05, 3.63) is 64.3 Å². The standard InChI is InChI=1S/C15H17FN2O/c1-3-14(11-5-4-6-12(16)9-11)17-13-7-8-15(19)18(2)10-13/h4-10,14,17H,3H2,1-2H3. The van der Waals surface area contributed by atoms with Crippen molar-refractivity contribution in [1.29, 1.82) is 0 Å². The van der Waals surface area contributed by atoms with E-state index in [0.29, 0.717) is 0 Å². The SMILES string of the molecule is CCC(Nc1ccc(=O)n(C)c1)c1cccc(F)c1. The Hall–Kier alpha value is -2.10. The number of nitrogens with zero attached hydrogens (tertiary/aromatic N) is 1. The minimum Gasteiger partial charge on any atom is -0.377 e. The van der Waals surface area contributed by atoms with Crippen LogP contribution in [0.5, 0.6) is 0 Å². The lowest BCUT2D eigenvalue weighted by molar-refractivity contribution is 0.620. The van der Waals surface area contributed by atoms with Gasteiger partial charge in [-0.25, -0.2) is 4.39 Å². The first kappa shape index (κ1) is 13.3. The molecule has 0 fully saturated rings. The molecule has 2 aromatic rings. The van der Waals surface area contributed by atoms with Crippen LogP contribution < -0.4 is 10.9 Å². The zero-order chi connectivity index (χ0) is 13.8. The first-order valence-electron chi connectivity index (χ1n) is 6.29. The number of hydrogen-bond donors (Lipinski definition) is 1. The molecule has 1 unspecified atom stereocenters. The Morgan fingerprint density at radius 3 is 2.74 bits per heavy atom. The van der Waals surface area contributed by atoms with Gasteiger partial charge in [0.25, 0.3) is 0 Å². The average Bonchev–Trinajstić information content (AvgIpc) is 2.40. The molecule has 3 nitrogen and oxygen atoms in total. The summed E-state index contributed by atoms with van der Waals surface area (Å²) in [4.78, 5) is 11.3. The van der Waals surface area contributed by atoms with Gasteiger partial charge in [0.05, 0.1) is 11.7 Å². The van der Waals surface area contributed by atoms with Crippen LogP contribution in [0.2, 0.25) is 0 Å². The number of nitrogens with one attached hydrogen (secondary N) is 1. The van der Waals surface area contributed by atoms with Crippen molar-refractivity contribution in [1.82, 2.24) is 4.57 Å². The second-order valence-corrected chi connectivity index (χ2v) is 4.53. The third-order valence-electron chi connectivity index (χ3n) is 3.09. The lowest BCUT2D eigenvalue weighted by atomic mass is 10.0. The molecule has 1 heterocycles. The number of benzene rings is 1. The van der Waals surface area contributed by atoms with Gasteiger partial charge in [-0.1, -0.05) is 19.1 Å². The van der Waals surface area contributed by atoms with Gasteiger partial charge in [0.1, 0.15) is 5.82 Å². The maximum atomic E-state index is 13.2. The third kappa shape index (κ3) is 3.22. The van der Waals surface area contributed by atoms with E-state index in [1.807, 2.05) is 13.0 Å². The van der Waals surface area contributed by atoms with Crippen molar-refractivity contribution in [2.75, 3.05) is 5.32 Å². The molecule has 2 rings (SSSR count). The Bertz CT molecular complexity index is 622. The molecule has 1 atom stereocenters. The lowest BCUT2D eigenvalue weighted by Crippen LogP contribution is -2.17. The molecule has 1 N–H and O–H groups in total. The van der Waals surface area contributed by atoms with Crippen molar-refractivity contribution in [3.63, 3.8) is 0 Å². The van der Waals surface area contributed by atoms with Gasteiger partial charge in [0.2, 0.25) is 5.56 Å². The van der Waals surface area contributed by atoms with Gasteiger partial charge >= 0.3 is 0 Å². The number of anilines is 1. The van der Waals surface area contributed by atoms with Crippen LogP contribution in [0.3, 0.4) is 0 Å². The van der Waals surface area contributed by atoms with Gasteiger partial charge in [0, 0.05) is 19.3 Å². The summed E-state index contributed by atoms with van der Waals surface area (Å²) in [7, 11) is 1.71. The normalized spacial score (nSPS) is 12.2. The number of hydrogen-bond acceptors (Lipinski definition) is 2. The molecule has 0 saturated heterocycles. The summed E-state index contributed by atoms with van der Waals surface area (Å²) in [6, 6.07) is 9.84. The van der Waals surface area contributed by atoms with E-state index >= 15 is 0 Å². The quantitative estimate of drug-likeness (QED) is 0.916. The van der Waals surface area contributed by atoms with Crippen molar-refractivity contribution < 1.29 is 4.39 Å². The summed E-state index contributed by atoms with van der Waals surface area (Å²) in [5.41, 5.74) is 1.69. The Kier molecular flexibility index (Phi) is 4.00. The Morgan fingerprint density at radius 1 is 1.32 bits per heavy atom. The third-order valence-corrected chi connectivity index (χ3v) is 3.09. The van der Waals surface area contributed by atoms with E-state index < -0.39 is 0 Å². The van der Waals surface area contributed by atoms with Gasteiger partial charge < -0.3 is 9.88 Å². The van der Waals surface area contributed by atoms with Crippen LogP contribution in [0.15, 0.2) is 47.4 Å². The molecule has 1 aromatic heterocycles. The van der Waals surface area contributed by atoms with Gasteiger partial charge in [-0.3, -0.25) is 4.79 Å². The predicted octanol–water partition coefficient (Wildman–Crippen LogP) is 3.09. The molecule has 0 saturated carbocycles. The minimum absolute atomic E-state index is 0.0215. The molecule has 0 aliphatic carbocycles. The van der Waals surface area contributed by atoms with Crippen molar-refractivity contribution >= 4 is 5.69 Å². The van der Waals surface area contributed by atoms with E-state index in [1.165, 1.54) is 22.8 Å². The molecule has 0 aliphatic heterocycles. The molecular formula is C15H17FN2O. The highest BCUT2D eigenvalue weighted by molar-refractivity contribution is 5.43. The molecule has 0 aliphatic rings. The summed E-state index contributed by atoms with van der Waals surface area (Å²) >= 11 is 0. The summed E-state index contributed by atoms with van der Waals surface area (Å²) < 4.78 is 14.8. The predicted molar refractivity (Wildman–Crippen MR) is 74.7 cm³/mol. The van der Waals surface area contributed by atoms with Crippen LogP contribution in [-0.2, 0) is 7.05 Å². The highest BCUT2D eigenvalue weighted by Crippen LogP contribution is 2.22. The summed E-state index contributed by atoms with van der Waals surface area (Å²) in [6.45, 7) is 2.03. The smallest absolute Gasteiger partial charge is 0.250 e. The average molecular weight is 260 g/mol. The van der Waals surface area contributed by atoms with E-state index in [0.717, 1.165) is 17.7 Å². The second-order valence-electron chi connectivity index (χ2n) is 4.53. The number of halogens is 1. The van der Waals surface area contributed by atoms with Crippen molar-refractivity contribution in [2.45, 2.75) is 19.4 Å². The Balaban J connectivity index is 2.23. The molecule has 4 heteroatoms. The van der Waals surface area contributed by atoms with Crippen LogP contribution in [-0.4, -0.2) is 4.57 Å². The maximum absolute atomic E-state index is 13.2. The van der Waals surface area contributed by atoms with Crippen LogP contribution >= 0.6 is 0 Å². The van der Waals surface area contributed by atoms with E-state index in [4.69, 9.17) is 0 Å². The first-order chi connectivity index (χ1) is 9.10. The first-order valence-corrected chi connectivity index (χ1v) is 6.29. The number of aryl methyl sites for hydroxylation is 1. The monoisotopic (exact) mass is 260 g/mol. The Labute approximate surface area is 111 Å². The highest BCUT2D eigenvalue weighted by atomic mass is 19.1. The van der Waals surface area contributed by atoms with E-state index in [1.54, 1.807) is 25.4 Å². The Morgan fingerprint density at radius 2 is 2.11 bits per heavy atom. The zero-order valence-electron chi connectivity index (χ0n) is 11.1. The van der Waals surface area contributed by atoms with Crippen LogP contribution in [0.1, 0.15) is 24.9 Å². The fourth-order valence-electron chi connectivity index (χ4n) is 2.02. The summed E-state index contributed by atoms with van der Waals surface area (Å²) in [6.07, 6.45) is 2.57. The molecule has 0 radical (unpaired) electrons. The van der Waals surface area contributed by atoms with E-state index in [-0.39, 0.29) is 17.4 Å². The van der Waals surface area contributed by atoms with Gasteiger partial charge in [0.15, 0.2) is 0 Å². The molecular weight excluding hydrogens is 243 g/mol. The highest BCUT2D eigenvalue weighted by Gasteiger charge is 2.10. The fourth-order valence-corrected chi connectivity index (χ4v) is 2.02. The zero-order valence-corrected chi connectivity index (χ0v) is 11.1. The van der Waals surface area contributed by atoms with Gasteiger partial charge in [-0.15, -0.1) is 0 Å². The lowest BCUT2D eigenvalue weighted by Gasteiger charge is -2.19. The molecule has 0 spiro atoms. The summed E-state index contributed by atoms with van der Waals surface area (Å²) in [5, 5.41) is 3.31. The van der Waals surface area contributed by atoms with Crippen LogP contribution in [0.25, 0.3) is 0 Å². The minimum atomic E-state index is -0.238. The molecule has 1 aromatic carbocycles. The number of aromatic nitrogens is 1. The maximum Gasteiger partial charge on any atom is 0.250 e. The van der Waals surface area contributed by atoms with E-state index in [9.17, 15) is 9.18 Å². The molecule has 0 amide bonds. The van der Waals surface area contributed by atoms with Crippen molar-refractivity contribution in [2.24, 2.45) is 7.05 Å². The topological polar surface area (TPSA) is 34.0 Å². The van der Waals surface area contributed by atoms with Crippen LogP contribution in [0, 0.1) is 5.82 Å². The number of pyridine rings is 1. The molecule has 0 bridgehead atoms. The van der Waals surface area contributed by atoms with Crippen LogP contribution in [0.4, 0.5) is 10.1 Å². The van der Waals surface area contributed by atoms with E-state index in [2.05, 4.69) is 5.32 Å².